The van der Waals surface area contributed by atoms with Gasteiger partial charge >= 0.3 is 7.12 Å². The number of rotatable bonds is 4. The number of aliphatic hydroxyl groups excluding tert-OH is 1. The Bertz CT molecular complexity index is 890. The molecule has 0 saturated carbocycles. The third-order valence-corrected chi connectivity index (χ3v) is 6.28. The van der Waals surface area contributed by atoms with Gasteiger partial charge < -0.3 is 19.9 Å². The lowest BCUT2D eigenvalue weighted by atomic mass is 9.55. The van der Waals surface area contributed by atoms with E-state index in [9.17, 15) is 29.2 Å². The van der Waals surface area contributed by atoms with Crippen molar-refractivity contribution in [1.29, 1.82) is 0 Å². The van der Waals surface area contributed by atoms with Crippen molar-refractivity contribution in [2.75, 3.05) is 13.2 Å². The first kappa shape index (κ1) is 20.1. The summed E-state index contributed by atoms with van der Waals surface area (Å²) in [4.78, 5) is 27.1. The average molecular weight is 403 g/mol. The molecule has 1 aromatic rings. The van der Waals surface area contributed by atoms with E-state index < -0.39 is 42.5 Å². The summed E-state index contributed by atoms with van der Waals surface area (Å²) in [7, 11) is -1.36. The van der Waals surface area contributed by atoms with Crippen molar-refractivity contribution >= 4 is 18.9 Å². The Kier molecular flexibility index (Phi) is 5.22. The lowest BCUT2D eigenvalue weighted by Crippen LogP contribution is -2.45. The SMILES string of the molecule is CCCN1C(=O)[C@H]2[C@H](CC(CO)=C3B(O)O[C@H](c4ccc(O)c(F)c4)C[C@H]32)C1=O. The molecule has 4 rings (SSSR count). The fourth-order valence-electron chi connectivity index (χ4n) is 5.00. The molecule has 1 aliphatic carbocycles. The number of imide groups is 1. The Labute approximate surface area is 167 Å². The summed E-state index contributed by atoms with van der Waals surface area (Å²) in [5.74, 6) is -3.46. The fourth-order valence-corrected chi connectivity index (χ4v) is 5.00. The predicted molar refractivity (Wildman–Crippen MR) is 101 cm³/mol. The summed E-state index contributed by atoms with van der Waals surface area (Å²) in [6, 6.07) is 3.85. The highest BCUT2D eigenvalue weighted by atomic mass is 19.1. The summed E-state index contributed by atoms with van der Waals surface area (Å²) in [5.41, 5.74) is 1.41. The van der Waals surface area contributed by atoms with E-state index >= 15 is 0 Å². The smallest absolute Gasteiger partial charge is 0.487 e. The summed E-state index contributed by atoms with van der Waals surface area (Å²) in [6.45, 7) is 1.90. The minimum absolute atomic E-state index is 0.219. The summed E-state index contributed by atoms with van der Waals surface area (Å²) >= 11 is 0. The topological polar surface area (TPSA) is 107 Å². The first-order chi connectivity index (χ1) is 13.9. The van der Waals surface area contributed by atoms with Crippen molar-refractivity contribution in [3.63, 3.8) is 0 Å². The Balaban J connectivity index is 1.72. The van der Waals surface area contributed by atoms with Gasteiger partial charge in [0.1, 0.15) is 0 Å². The second-order valence-electron chi connectivity index (χ2n) is 7.91. The van der Waals surface area contributed by atoms with Gasteiger partial charge in [-0.15, -0.1) is 0 Å². The maximum absolute atomic E-state index is 13.8. The zero-order chi connectivity index (χ0) is 20.9. The number of phenols is 1. The number of allylic oxidation sites excluding steroid dienone is 1. The number of hydrogen-bond donors (Lipinski definition) is 3. The molecule has 2 saturated heterocycles. The van der Waals surface area contributed by atoms with Crippen LogP contribution in [0.25, 0.3) is 0 Å². The van der Waals surface area contributed by atoms with E-state index in [2.05, 4.69) is 0 Å². The molecule has 4 atom stereocenters. The first-order valence-electron chi connectivity index (χ1n) is 9.87. The van der Waals surface area contributed by atoms with E-state index in [1.165, 1.54) is 17.0 Å². The fraction of sp³-hybridized carbons (Fsp3) is 0.500. The van der Waals surface area contributed by atoms with Crippen LogP contribution in [-0.4, -0.2) is 52.2 Å². The molecule has 29 heavy (non-hydrogen) atoms. The van der Waals surface area contributed by atoms with E-state index in [-0.39, 0.29) is 31.3 Å². The number of halogens is 1. The molecule has 2 amide bonds. The third-order valence-electron chi connectivity index (χ3n) is 6.28. The zero-order valence-electron chi connectivity index (χ0n) is 16.0. The standard InChI is InChI=1S/C20H23BFNO6/c1-2-5-23-19(26)13-6-11(9-24)18-12(17(13)20(23)27)8-16(29-21(18)28)10-3-4-15(25)14(22)7-10/h3-4,7,12-13,16-17,24-25,28H,2,5-6,8-9H2,1H3/t12-,13-,16-,17+/m0/s1. The molecule has 0 spiro atoms. The van der Waals surface area contributed by atoms with Gasteiger partial charge in [-0.05, 0) is 53.9 Å². The highest BCUT2D eigenvalue weighted by molar-refractivity contribution is 6.53. The van der Waals surface area contributed by atoms with Gasteiger partial charge in [-0.3, -0.25) is 14.5 Å². The monoisotopic (exact) mass is 403 g/mol. The molecule has 9 heteroatoms. The Morgan fingerprint density at radius 2 is 2.03 bits per heavy atom. The first-order valence-corrected chi connectivity index (χ1v) is 9.87. The van der Waals surface area contributed by atoms with Crippen molar-refractivity contribution in [1.82, 2.24) is 4.90 Å². The minimum Gasteiger partial charge on any atom is -0.505 e. The largest absolute Gasteiger partial charge is 0.505 e. The van der Waals surface area contributed by atoms with Crippen LogP contribution in [0, 0.1) is 23.6 Å². The normalized spacial score (nSPS) is 29.4. The molecule has 2 heterocycles. The van der Waals surface area contributed by atoms with Crippen LogP contribution >= 0.6 is 0 Å². The molecule has 0 radical (unpaired) electrons. The van der Waals surface area contributed by atoms with Crippen molar-refractivity contribution in [2.45, 2.75) is 32.3 Å². The molecule has 3 aliphatic rings. The minimum atomic E-state index is -1.36. The summed E-state index contributed by atoms with van der Waals surface area (Å²) in [6.07, 6.45) is 0.419. The Morgan fingerprint density at radius 3 is 2.69 bits per heavy atom. The number of carbonyl (C=O) groups excluding carboxylic acids is 2. The molecule has 154 valence electrons. The van der Waals surface area contributed by atoms with Gasteiger partial charge in [0.25, 0.3) is 0 Å². The number of amides is 2. The van der Waals surface area contributed by atoms with Gasteiger partial charge in [-0.2, -0.15) is 0 Å². The lowest BCUT2D eigenvalue weighted by Gasteiger charge is -2.41. The average Bonchev–Trinajstić information content (AvgIpc) is 2.94. The number of aliphatic hydroxyl groups is 1. The van der Waals surface area contributed by atoms with Crippen molar-refractivity contribution < 1.29 is 33.9 Å². The third kappa shape index (κ3) is 3.17. The highest BCUT2D eigenvalue weighted by Crippen LogP contribution is 2.51. The molecule has 2 aliphatic heterocycles. The van der Waals surface area contributed by atoms with Gasteiger partial charge in [-0.25, -0.2) is 4.39 Å². The van der Waals surface area contributed by atoms with E-state index in [0.29, 0.717) is 29.6 Å². The van der Waals surface area contributed by atoms with Crippen LogP contribution in [0.2, 0.25) is 0 Å². The van der Waals surface area contributed by atoms with E-state index in [0.717, 1.165) is 6.07 Å². The van der Waals surface area contributed by atoms with E-state index in [1.807, 2.05) is 6.92 Å². The van der Waals surface area contributed by atoms with Crippen molar-refractivity contribution in [3.8, 4) is 5.75 Å². The van der Waals surface area contributed by atoms with Gasteiger partial charge in [0.15, 0.2) is 11.6 Å². The molecule has 0 aromatic heterocycles. The van der Waals surface area contributed by atoms with Gasteiger partial charge in [0.2, 0.25) is 11.8 Å². The molecule has 7 nitrogen and oxygen atoms in total. The van der Waals surface area contributed by atoms with Crippen LogP contribution in [0.4, 0.5) is 4.39 Å². The Hall–Kier alpha value is -2.23. The van der Waals surface area contributed by atoms with E-state index in [4.69, 9.17) is 4.65 Å². The number of carbonyl (C=O) groups is 2. The maximum atomic E-state index is 13.8. The molecule has 3 N–H and O–H groups in total. The predicted octanol–water partition coefficient (Wildman–Crippen LogP) is 1.33. The molecule has 0 bridgehead atoms. The lowest BCUT2D eigenvalue weighted by molar-refractivity contribution is -0.140. The zero-order valence-corrected chi connectivity index (χ0v) is 16.0. The van der Waals surface area contributed by atoms with Crippen LogP contribution in [0.5, 0.6) is 5.75 Å². The molecule has 2 fully saturated rings. The van der Waals surface area contributed by atoms with Crippen LogP contribution in [0.15, 0.2) is 29.2 Å². The van der Waals surface area contributed by atoms with Gasteiger partial charge in [0, 0.05) is 6.54 Å². The highest BCUT2D eigenvalue weighted by Gasteiger charge is 2.57. The number of benzene rings is 1. The van der Waals surface area contributed by atoms with Gasteiger partial charge in [-0.1, -0.05) is 13.0 Å². The number of nitrogens with zero attached hydrogens (tertiary/aromatic N) is 1. The molecule has 0 unspecified atom stereocenters. The quantitative estimate of drug-likeness (QED) is 0.517. The van der Waals surface area contributed by atoms with Crippen molar-refractivity contribution in [3.05, 3.63) is 40.6 Å². The second-order valence-corrected chi connectivity index (χ2v) is 7.91. The Morgan fingerprint density at radius 1 is 1.28 bits per heavy atom. The second kappa shape index (κ2) is 7.55. The molecule has 1 aromatic carbocycles. The number of phenolic OH excluding ortho intramolecular Hbond substituents is 1. The number of aromatic hydroxyl groups is 1. The van der Waals surface area contributed by atoms with Crippen LogP contribution in [0.3, 0.4) is 0 Å². The van der Waals surface area contributed by atoms with Crippen LogP contribution in [-0.2, 0) is 14.2 Å². The van der Waals surface area contributed by atoms with Crippen LogP contribution in [0.1, 0.15) is 37.9 Å². The van der Waals surface area contributed by atoms with Gasteiger partial charge in [0.05, 0.1) is 24.5 Å². The summed E-state index contributed by atoms with van der Waals surface area (Å²) < 4.78 is 19.5. The number of hydrogen-bond acceptors (Lipinski definition) is 6. The van der Waals surface area contributed by atoms with Crippen molar-refractivity contribution in [2.24, 2.45) is 17.8 Å². The summed E-state index contributed by atoms with van der Waals surface area (Å²) in [5, 5.41) is 29.9. The number of fused-ring (bicyclic) bond motifs is 3. The maximum Gasteiger partial charge on any atom is 0.487 e. The number of likely N-dealkylation sites (tertiary alicyclic amines) is 1. The molecular formula is C20H23BFNO6. The molecular weight excluding hydrogens is 380 g/mol. The van der Waals surface area contributed by atoms with E-state index in [1.54, 1.807) is 0 Å². The van der Waals surface area contributed by atoms with Crippen LogP contribution < -0.4 is 0 Å².